The van der Waals surface area contributed by atoms with Gasteiger partial charge in [0.25, 0.3) is 10.1 Å². The monoisotopic (exact) mass is 502 g/mol. The first-order chi connectivity index (χ1) is 16.1. The van der Waals surface area contributed by atoms with Crippen molar-refractivity contribution in [3.63, 3.8) is 0 Å². The van der Waals surface area contributed by atoms with Crippen LogP contribution in [0.2, 0.25) is 0 Å². The second kappa shape index (κ2) is 16.1. The van der Waals surface area contributed by atoms with Crippen molar-refractivity contribution < 1.29 is 24.3 Å². The van der Waals surface area contributed by atoms with Crippen molar-refractivity contribution >= 4 is 16.5 Å². The maximum Gasteiger partial charge on any atom is 0.391 e. The SMILES string of the molecule is C.C[C@H](NO)c1ccccc1.Cc1ccc(S(=O)(=O)O)cc1.[2HH].[C-]#[N+]C=[N+]([O-])[C@@H](C)c1ccccc1. The zero-order valence-electron chi connectivity index (χ0n) is 19.2. The van der Waals surface area contributed by atoms with Crippen molar-refractivity contribution in [1.82, 2.24) is 5.48 Å². The van der Waals surface area contributed by atoms with Crippen LogP contribution in [0.4, 0.5) is 0 Å². The minimum atomic E-state index is -4.02. The summed E-state index contributed by atoms with van der Waals surface area (Å²) < 4.78 is 30.2. The molecule has 2 atom stereocenters. The van der Waals surface area contributed by atoms with Gasteiger partial charge in [-0.05, 0) is 31.5 Å². The average Bonchev–Trinajstić information content (AvgIpc) is 2.85. The van der Waals surface area contributed by atoms with Gasteiger partial charge in [-0.1, -0.05) is 85.8 Å². The number of aryl methyl sites for hydroxylation is 1. The molecule has 9 heteroatoms. The highest BCUT2D eigenvalue weighted by Crippen LogP contribution is 2.14. The molecule has 3 aromatic rings. The van der Waals surface area contributed by atoms with E-state index in [-0.39, 0.29) is 25.8 Å². The van der Waals surface area contributed by atoms with Crippen molar-refractivity contribution in [2.24, 2.45) is 0 Å². The van der Waals surface area contributed by atoms with Gasteiger partial charge >= 0.3 is 6.34 Å². The van der Waals surface area contributed by atoms with Crippen molar-refractivity contribution in [1.29, 1.82) is 0 Å². The molecular formula is C26H35N3O5S. The number of nitrogens with one attached hydrogen (secondary N) is 1. The minimum absolute atomic E-state index is 0. The van der Waals surface area contributed by atoms with Crippen LogP contribution in [-0.4, -0.2) is 29.3 Å². The summed E-state index contributed by atoms with van der Waals surface area (Å²) in [5.41, 5.74) is 5.14. The van der Waals surface area contributed by atoms with E-state index >= 15 is 0 Å². The zero-order valence-corrected chi connectivity index (χ0v) is 20.1. The summed E-state index contributed by atoms with van der Waals surface area (Å²) in [4.78, 5) is 2.85. The molecule has 0 fully saturated rings. The van der Waals surface area contributed by atoms with Crippen LogP contribution in [0.15, 0.2) is 89.8 Å². The van der Waals surface area contributed by atoms with Crippen LogP contribution in [0.3, 0.4) is 0 Å². The van der Waals surface area contributed by atoms with Crippen molar-refractivity contribution in [3.8, 4) is 0 Å². The fourth-order valence-electron chi connectivity index (χ4n) is 2.56. The smallest absolute Gasteiger partial charge is 0.391 e. The Labute approximate surface area is 209 Å². The van der Waals surface area contributed by atoms with E-state index in [1.54, 1.807) is 19.1 Å². The van der Waals surface area contributed by atoms with Gasteiger partial charge in [-0.3, -0.25) is 4.55 Å². The molecule has 3 aromatic carbocycles. The van der Waals surface area contributed by atoms with Gasteiger partial charge in [0.1, 0.15) is 6.57 Å². The van der Waals surface area contributed by atoms with E-state index in [1.807, 2.05) is 74.5 Å². The third kappa shape index (κ3) is 11.9. The maximum absolute atomic E-state index is 11.2. The van der Waals surface area contributed by atoms with E-state index in [2.05, 4.69) is 10.3 Å². The van der Waals surface area contributed by atoms with E-state index in [0.717, 1.165) is 23.0 Å². The molecule has 3 N–H and O–H groups in total. The molecule has 0 aliphatic carbocycles. The topological polar surface area (TPSA) is 117 Å². The predicted octanol–water partition coefficient (Wildman–Crippen LogP) is 6.06. The molecule has 8 nitrogen and oxygen atoms in total. The highest BCUT2D eigenvalue weighted by atomic mass is 32.2. The summed E-state index contributed by atoms with van der Waals surface area (Å²) >= 11 is 0. The van der Waals surface area contributed by atoms with E-state index in [9.17, 15) is 13.6 Å². The van der Waals surface area contributed by atoms with Crippen LogP contribution in [0, 0.1) is 18.7 Å². The Bertz CT molecular complexity index is 1170. The molecule has 0 spiro atoms. The second-order valence-corrected chi connectivity index (χ2v) is 8.66. The molecule has 190 valence electrons. The third-order valence-corrected chi connectivity index (χ3v) is 5.52. The van der Waals surface area contributed by atoms with Crippen LogP contribution in [-0.2, 0) is 10.1 Å². The first kappa shape index (κ1) is 31.5. The van der Waals surface area contributed by atoms with Gasteiger partial charge in [0, 0.05) is 13.9 Å². The molecule has 0 unspecified atom stereocenters. The summed E-state index contributed by atoms with van der Waals surface area (Å²) in [6.45, 7) is 12.0. The highest BCUT2D eigenvalue weighted by molar-refractivity contribution is 7.85. The first-order valence-corrected chi connectivity index (χ1v) is 11.7. The fourth-order valence-corrected chi connectivity index (χ4v) is 3.04. The van der Waals surface area contributed by atoms with Crippen LogP contribution in [0.5, 0.6) is 0 Å². The van der Waals surface area contributed by atoms with Gasteiger partial charge in [0.2, 0.25) is 0 Å². The molecule has 0 aromatic heterocycles. The van der Waals surface area contributed by atoms with Gasteiger partial charge in [-0.2, -0.15) is 18.7 Å². The third-order valence-electron chi connectivity index (χ3n) is 4.65. The van der Waals surface area contributed by atoms with Gasteiger partial charge in [0.05, 0.1) is 10.9 Å². The molecule has 0 heterocycles. The molecule has 0 bridgehead atoms. The quantitative estimate of drug-likeness (QED) is 0.0743. The van der Waals surface area contributed by atoms with E-state index in [4.69, 9.17) is 16.3 Å². The average molecular weight is 503 g/mol. The molecule has 0 saturated heterocycles. The van der Waals surface area contributed by atoms with Crippen molar-refractivity contribution in [2.45, 2.75) is 45.2 Å². The summed E-state index contributed by atoms with van der Waals surface area (Å²) in [6.07, 6.45) is 0.956. The van der Waals surface area contributed by atoms with Gasteiger partial charge in [-0.25, -0.2) is 4.74 Å². The molecule has 0 amide bonds. The molecule has 0 aliphatic rings. The standard InChI is InChI=1S/C10H10N2O.C8H11NO.C7H8O3S.CH4.H2/c1-9(12(13)8-11-2)10-6-4-3-5-7-10;1-7(9-10)8-5-3-2-4-6-8;1-6-2-4-7(5-3-6)11(8,9)10;;/h3-9H,1H3;2-7,9-10H,1H3;2-5H,1H3,(H,8,9,10);1H4;1H/t9-;7-;;;/m00.../s1/i;;;;1+1. The summed E-state index contributed by atoms with van der Waals surface area (Å²) in [6, 6.07) is 24.9. The largest absolute Gasteiger partial charge is 0.634 e. The molecule has 0 saturated carbocycles. The van der Waals surface area contributed by atoms with Crippen LogP contribution in [0.25, 0.3) is 4.85 Å². The Balaban J connectivity index is 0. The van der Waals surface area contributed by atoms with Crippen LogP contribution in [0.1, 0.15) is 51.5 Å². The van der Waals surface area contributed by atoms with Crippen LogP contribution < -0.4 is 5.48 Å². The fraction of sp³-hybridized carbons (Fsp3) is 0.231. The van der Waals surface area contributed by atoms with E-state index in [0.29, 0.717) is 4.74 Å². The number of benzene rings is 3. The second-order valence-electron chi connectivity index (χ2n) is 7.24. The number of hydrogen-bond donors (Lipinski definition) is 3. The number of hydrogen-bond acceptors (Lipinski definition) is 5. The molecular weight excluding hydrogens is 466 g/mol. The Kier molecular flexibility index (Phi) is 14.5. The first-order valence-electron chi connectivity index (χ1n) is 10.3. The Morgan fingerprint density at radius 2 is 1.43 bits per heavy atom. The Hall–Kier alpha value is -3.55. The summed E-state index contributed by atoms with van der Waals surface area (Å²) in [5.74, 6) is 0. The Morgan fingerprint density at radius 1 is 0.971 bits per heavy atom. The lowest BCUT2D eigenvalue weighted by Crippen LogP contribution is -2.12. The number of hydroxylamine groups is 2. The predicted molar refractivity (Wildman–Crippen MR) is 141 cm³/mol. The number of nitrogens with zero attached hydrogens (tertiary/aromatic N) is 2. The molecule has 3 rings (SSSR count). The molecule has 0 aliphatic heterocycles. The van der Waals surface area contributed by atoms with Crippen LogP contribution >= 0.6 is 0 Å². The lowest BCUT2D eigenvalue weighted by molar-refractivity contribution is -0.498. The minimum Gasteiger partial charge on any atom is -0.634 e. The summed E-state index contributed by atoms with van der Waals surface area (Å²) in [5, 5.41) is 19.7. The summed E-state index contributed by atoms with van der Waals surface area (Å²) in [7, 11) is -4.02. The van der Waals surface area contributed by atoms with Gasteiger partial charge in [-0.15, -0.1) is 0 Å². The zero-order chi connectivity index (χ0) is 25.6. The maximum atomic E-state index is 11.2. The van der Waals surface area contributed by atoms with Gasteiger partial charge < -0.3 is 10.4 Å². The van der Waals surface area contributed by atoms with E-state index < -0.39 is 10.1 Å². The van der Waals surface area contributed by atoms with E-state index in [1.165, 1.54) is 12.1 Å². The molecule has 0 radical (unpaired) electrons. The number of rotatable bonds is 5. The van der Waals surface area contributed by atoms with Gasteiger partial charge in [0.15, 0.2) is 6.04 Å². The highest BCUT2D eigenvalue weighted by Gasteiger charge is 2.10. The van der Waals surface area contributed by atoms with Crippen molar-refractivity contribution in [2.75, 3.05) is 0 Å². The lowest BCUT2D eigenvalue weighted by atomic mass is 10.1. The van der Waals surface area contributed by atoms with Crippen molar-refractivity contribution in [3.05, 3.63) is 118 Å². The lowest BCUT2D eigenvalue weighted by Gasteiger charge is -2.11. The molecule has 35 heavy (non-hydrogen) atoms. The Morgan fingerprint density at radius 3 is 1.83 bits per heavy atom. The normalized spacial score (nSPS) is 12.3.